The summed E-state index contributed by atoms with van der Waals surface area (Å²) in [4.78, 5) is 12.5. The lowest BCUT2D eigenvalue weighted by molar-refractivity contribution is 0.0937. The molecule has 4 rings (SSSR count). The second kappa shape index (κ2) is 6.14. The number of hydrogen-bond donors (Lipinski definition) is 3. The van der Waals surface area contributed by atoms with Crippen LogP contribution in [0.15, 0.2) is 54.0 Å². The van der Waals surface area contributed by atoms with Crippen LogP contribution in [0.1, 0.15) is 34.1 Å². The highest BCUT2D eigenvalue weighted by atomic mass is 32.1. The summed E-state index contributed by atoms with van der Waals surface area (Å²) in [5.41, 5.74) is 5.76. The number of nitrogens with zero attached hydrogens (tertiary/aromatic N) is 1. The van der Waals surface area contributed by atoms with Crippen LogP contribution in [0.5, 0.6) is 0 Å². The van der Waals surface area contributed by atoms with Gasteiger partial charge in [0.1, 0.15) is 5.00 Å². The number of thiophene rings is 1. The summed E-state index contributed by atoms with van der Waals surface area (Å²) in [6.07, 6.45) is 3.50. The normalized spacial score (nSPS) is 16.0. The minimum absolute atomic E-state index is 0.0338. The standard InChI is InChI=1S/C18H17N3O2S/c22-17-13-9-11-24-18(13)21-10-3-6-16(21)15(19-17)8-7-12-4-1-2-5-14(12)20-23/h1-6,9-11,15,20,23H,7-8H2,(H,19,22). The minimum atomic E-state index is -0.0705. The first-order valence-corrected chi connectivity index (χ1v) is 8.70. The van der Waals surface area contributed by atoms with E-state index in [9.17, 15) is 10.0 Å². The zero-order valence-electron chi connectivity index (χ0n) is 12.9. The predicted molar refractivity (Wildman–Crippen MR) is 94.0 cm³/mol. The van der Waals surface area contributed by atoms with Gasteiger partial charge in [0.05, 0.1) is 17.3 Å². The first-order valence-electron chi connectivity index (χ1n) is 7.82. The Morgan fingerprint density at radius 3 is 2.96 bits per heavy atom. The highest BCUT2D eigenvalue weighted by Gasteiger charge is 2.26. The van der Waals surface area contributed by atoms with Gasteiger partial charge in [-0.2, -0.15) is 0 Å². The van der Waals surface area contributed by atoms with E-state index in [0.717, 1.165) is 34.7 Å². The van der Waals surface area contributed by atoms with E-state index in [1.807, 2.05) is 48.0 Å². The Labute approximate surface area is 143 Å². The predicted octanol–water partition coefficient (Wildman–Crippen LogP) is 3.76. The number of hydrogen-bond acceptors (Lipinski definition) is 4. The Morgan fingerprint density at radius 1 is 1.21 bits per heavy atom. The molecule has 1 aromatic carbocycles. The SMILES string of the molecule is O=C1NC(CCc2ccccc2NO)c2cccn2-c2sccc21. The monoisotopic (exact) mass is 339 g/mol. The molecular weight excluding hydrogens is 322 g/mol. The molecule has 1 unspecified atom stereocenters. The highest BCUT2D eigenvalue weighted by molar-refractivity contribution is 7.13. The van der Waals surface area contributed by atoms with E-state index in [2.05, 4.69) is 21.4 Å². The van der Waals surface area contributed by atoms with Gasteiger partial charge in [0.25, 0.3) is 5.91 Å². The van der Waals surface area contributed by atoms with E-state index < -0.39 is 0 Å². The smallest absolute Gasteiger partial charge is 0.254 e. The van der Waals surface area contributed by atoms with Crippen LogP contribution in [0, 0.1) is 0 Å². The van der Waals surface area contributed by atoms with Crippen LogP contribution in [0.3, 0.4) is 0 Å². The molecule has 24 heavy (non-hydrogen) atoms. The molecule has 3 heterocycles. The molecule has 3 aromatic rings. The number of fused-ring (bicyclic) bond motifs is 3. The minimum Gasteiger partial charge on any atom is -0.344 e. The molecule has 2 aromatic heterocycles. The lowest BCUT2D eigenvalue weighted by atomic mass is 10.0. The number of rotatable bonds is 4. The van der Waals surface area contributed by atoms with Crippen molar-refractivity contribution >= 4 is 22.9 Å². The number of anilines is 1. The van der Waals surface area contributed by atoms with E-state index in [4.69, 9.17) is 0 Å². The third-order valence-electron chi connectivity index (χ3n) is 4.39. The fourth-order valence-electron chi connectivity index (χ4n) is 3.20. The summed E-state index contributed by atoms with van der Waals surface area (Å²) in [5.74, 6) is -0.0338. The van der Waals surface area contributed by atoms with E-state index in [-0.39, 0.29) is 11.9 Å². The van der Waals surface area contributed by atoms with Gasteiger partial charge < -0.3 is 9.88 Å². The van der Waals surface area contributed by atoms with Gasteiger partial charge in [0.15, 0.2) is 0 Å². The first-order chi connectivity index (χ1) is 11.8. The number of benzene rings is 1. The van der Waals surface area contributed by atoms with E-state index in [0.29, 0.717) is 5.69 Å². The number of carbonyl (C=O) groups is 1. The molecular formula is C18H17N3O2S. The van der Waals surface area contributed by atoms with Gasteiger partial charge in [-0.25, -0.2) is 0 Å². The van der Waals surface area contributed by atoms with Gasteiger partial charge >= 0.3 is 0 Å². The Hall–Kier alpha value is -2.57. The van der Waals surface area contributed by atoms with Gasteiger partial charge in [0, 0.05) is 11.9 Å². The van der Waals surface area contributed by atoms with Crippen molar-refractivity contribution in [2.24, 2.45) is 0 Å². The third-order valence-corrected chi connectivity index (χ3v) is 5.30. The summed E-state index contributed by atoms with van der Waals surface area (Å²) in [5, 5.41) is 15.3. The molecule has 1 amide bonds. The molecule has 1 aliphatic heterocycles. The second-order valence-electron chi connectivity index (χ2n) is 5.78. The van der Waals surface area contributed by atoms with Crippen molar-refractivity contribution < 1.29 is 10.0 Å². The number of para-hydroxylation sites is 1. The lowest BCUT2D eigenvalue weighted by Gasteiger charge is -2.18. The van der Waals surface area contributed by atoms with Crippen molar-refractivity contribution in [3.8, 4) is 5.00 Å². The number of carbonyl (C=O) groups excluding carboxylic acids is 1. The summed E-state index contributed by atoms with van der Waals surface area (Å²) >= 11 is 1.57. The average molecular weight is 339 g/mol. The summed E-state index contributed by atoms with van der Waals surface area (Å²) in [6, 6.07) is 13.5. The zero-order valence-corrected chi connectivity index (χ0v) is 13.7. The van der Waals surface area contributed by atoms with E-state index in [1.54, 1.807) is 11.3 Å². The average Bonchev–Trinajstić information content (AvgIpc) is 3.25. The van der Waals surface area contributed by atoms with Crippen LogP contribution in [-0.4, -0.2) is 15.7 Å². The van der Waals surface area contributed by atoms with E-state index >= 15 is 0 Å². The molecule has 0 saturated carbocycles. The maximum atomic E-state index is 12.5. The molecule has 0 saturated heterocycles. The van der Waals surface area contributed by atoms with Crippen molar-refractivity contribution in [1.29, 1.82) is 0 Å². The molecule has 3 N–H and O–H groups in total. The fraction of sp³-hybridized carbons (Fsp3) is 0.167. The van der Waals surface area contributed by atoms with Gasteiger partial charge in [-0.05, 0) is 48.1 Å². The maximum absolute atomic E-state index is 12.5. The van der Waals surface area contributed by atoms with Gasteiger partial charge in [-0.3, -0.25) is 15.5 Å². The Bertz CT molecular complexity index is 884. The molecule has 5 nitrogen and oxygen atoms in total. The van der Waals surface area contributed by atoms with Crippen LogP contribution in [0.4, 0.5) is 5.69 Å². The van der Waals surface area contributed by atoms with E-state index in [1.165, 1.54) is 0 Å². The van der Waals surface area contributed by atoms with Crippen LogP contribution in [0.2, 0.25) is 0 Å². The third kappa shape index (κ3) is 2.50. The number of nitrogens with one attached hydrogen (secondary N) is 2. The van der Waals surface area contributed by atoms with Gasteiger partial charge in [0.2, 0.25) is 0 Å². The molecule has 0 fully saturated rings. The first kappa shape index (κ1) is 15.0. The molecule has 0 spiro atoms. The summed E-state index contributed by atoms with van der Waals surface area (Å²) in [7, 11) is 0. The van der Waals surface area contributed by atoms with Crippen LogP contribution < -0.4 is 10.8 Å². The van der Waals surface area contributed by atoms with Crippen molar-refractivity contribution in [2.75, 3.05) is 5.48 Å². The van der Waals surface area contributed by atoms with Crippen molar-refractivity contribution in [3.05, 3.63) is 70.9 Å². The lowest BCUT2D eigenvalue weighted by Crippen LogP contribution is -2.27. The van der Waals surface area contributed by atoms with Crippen LogP contribution >= 0.6 is 11.3 Å². The quantitative estimate of drug-likeness (QED) is 0.634. The zero-order chi connectivity index (χ0) is 16.5. The number of aromatic nitrogens is 1. The van der Waals surface area contributed by atoms with Crippen LogP contribution in [-0.2, 0) is 6.42 Å². The molecule has 1 atom stereocenters. The van der Waals surface area contributed by atoms with Gasteiger partial charge in [-0.1, -0.05) is 18.2 Å². The number of amides is 1. The van der Waals surface area contributed by atoms with Crippen molar-refractivity contribution in [3.63, 3.8) is 0 Å². The molecule has 0 aliphatic carbocycles. The Kier molecular flexibility index (Phi) is 3.84. The molecule has 0 bridgehead atoms. The maximum Gasteiger partial charge on any atom is 0.254 e. The topological polar surface area (TPSA) is 66.3 Å². The van der Waals surface area contributed by atoms with Crippen LogP contribution in [0.25, 0.3) is 5.00 Å². The molecule has 6 heteroatoms. The number of aryl methyl sites for hydroxylation is 1. The highest BCUT2D eigenvalue weighted by Crippen LogP contribution is 2.32. The summed E-state index contributed by atoms with van der Waals surface area (Å²) in [6.45, 7) is 0. The van der Waals surface area contributed by atoms with Crippen molar-refractivity contribution in [2.45, 2.75) is 18.9 Å². The van der Waals surface area contributed by atoms with Gasteiger partial charge in [-0.15, -0.1) is 11.3 Å². The Morgan fingerprint density at radius 2 is 2.08 bits per heavy atom. The molecule has 122 valence electrons. The second-order valence-corrected chi connectivity index (χ2v) is 6.67. The molecule has 1 aliphatic rings. The van der Waals surface area contributed by atoms with Crippen molar-refractivity contribution in [1.82, 2.24) is 9.88 Å². The Balaban J connectivity index is 1.63. The fourth-order valence-corrected chi connectivity index (χ4v) is 4.10. The molecule has 0 radical (unpaired) electrons. The largest absolute Gasteiger partial charge is 0.344 e. The summed E-state index contributed by atoms with van der Waals surface area (Å²) < 4.78 is 2.10.